The third-order valence-corrected chi connectivity index (χ3v) is 4.27. The van der Waals surface area contributed by atoms with E-state index in [9.17, 15) is 0 Å². The summed E-state index contributed by atoms with van der Waals surface area (Å²) in [7, 11) is 1.69. The number of hydrogen-bond acceptors (Lipinski definition) is 3. The summed E-state index contributed by atoms with van der Waals surface area (Å²) in [4.78, 5) is 1.24. The highest BCUT2D eigenvalue weighted by Crippen LogP contribution is 2.40. The second kappa shape index (κ2) is 5.05. The van der Waals surface area contributed by atoms with Gasteiger partial charge < -0.3 is 4.74 Å². The second-order valence-electron chi connectivity index (χ2n) is 4.40. The third kappa shape index (κ3) is 2.36. The standard InChI is InChI=1S/C15H15N2OS/c1-11-8-13(18-2)9-14-15(11)19-10-17(16-14)12-6-4-3-5-7-12/h3-9H,10H2,1-2H3/q+1. The molecule has 19 heavy (non-hydrogen) atoms. The molecule has 1 aliphatic heterocycles. The number of nitrogens with zero attached hydrogens (tertiary/aromatic N) is 2. The molecular weight excluding hydrogens is 256 g/mol. The number of azo groups is 2. The maximum Gasteiger partial charge on any atom is 0.232 e. The molecular formula is C15H15N2OS+. The van der Waals surface area contributed by atoms with Gasteiger partial charge in [-0.2, -0.15) is 0 Å². The fraction of sp³-hybridized carbons (Fsp3) is 0.200. The van der Waals surface area contributed by atoms with Crippen molar-refractivity contribution in [3.8, 4) is 5.75 Å². The van der Waals surface area contributed by atoms with Crippen LogP contribution in [0.4, 0.5) is 11.4 Å². The van der Waals surface area contributed by atoms with E-state index in [0.717, 1.165) is 23.0 Å². The molecule has 0 aliphatic carbocycles. The van der Waals surface area contributed by atoms with Crippen molar-refractivity contribution in [2.45, 2.75) is 11.8 Å². The van der Waals surface area contributed by atoms with Crippen LogP contribution in [0.15, 0.2) is 52.5 Å². The van der Waals surface area contributed by atoms with E-state index in [4.69, 9.17) is 9.85 Å². The molecule has 3 rings (SSSR count). The van der Waals surface area contributed by atoms with Crippen molar-refractivity contribution in [1.29, 1.82) is 0 Å². The van der Waals surface area contributed by atoms with Crippen LogP contribution in [0.2, 0.25) is 0 Å². The van der Waals surface area contributed by atoms with Gasteiger partial charge in [-0.1, -0.05) is 34.7 Å². The van der Waals surface area contributed by atoms with Gasteiger partial charge in [-0.05, 0) is 18.6 Å². The minimum Gasteiger partial charge on any atom is -0.497 e. The van der Waals surface area contributed by atoms with Crippen molar-refractivity contribution < 1.29 is 9.43 Å². The molecule has 0 radical (unpaired) electrons. The predicted octanol–water partition coefficient (Wildman–Crippen LogP) is 4.49. The number of ether oxygens (including phenoxy) is 1. The van der Waals surface area contributed by atoms with Gasteiger partial charge >= 0.3 is 0 Å². The average Bonchev–Trinajstić information content (AvgIpc) is 2.47. The molecule has 2 aromatic carbocycles. The number of thioether (sulfide) groups is 1. The normalized spacial score (nSPS) is 13.7. The fourth-order valence-corrected chi connectivity index (χ4v) is 3.11. The van der Waals surface area contributed by atoms with E-state index in [0.29, 0.717) is 0 Å². The molecule has 96 valence electrons. The van der Waals surface area contributed by atoms with E-state index in [1.165, 1.54) is 10.5 Å². The molecule has 4 heteroatoms. The first kappa shape index (κ1) is 12.2. The molecule has 1 heterocycles. The highest BCUT2D eigenvalue weighted by Gasteiger charge is 2.22. The molecule has 0 amide bonds. The van der Waals surface area contributed by atoms with Crippen molar-refractivity contribution in [1.82, 2.24) is 0 Å². The Balaban J connectivity index is 2.07. The van der Waals surface area contributed by atoms with Crippen molar-refractivity contribution in [3.63, 3.8) is 0 Å². The van der Waals surface area contributed by atoms with Gasteiger partial charge in [0, 0.05) is 28.2 Å². The largest absolute Gasteiger partial charge is 0.497 e. The minimum atomic E-state index is 0.837. The van der Waals surface area contributed by atoms with Gasteiger partial charge in [-0.15, -0.1) is 0 Å². The summed E-state index contributed by atoms with van der Waals surface area (Å²) in [6.07, 6.45) is 0. The number of aryl methyl sites for hydroxylation is 1. The predicted molar refractivity (Wildman–Crippen MR) is 76.9 cm³/mol. The summed E-state index contributed by atoms with van der Waals surface area (Å²) in [6, 6.07) is 14.3. The molecule has 0 bridgehead atoms. The average molecular weight is 271 g/mol. The number of fused-ring (bicyclic) bond motifs is 1. The van der Waals surface area contributed by atoms with Crippen molar-refractivity contribution in [2.75, 3.05) is 13.0 Å². The van der Waals surface area contributed by atoms with Crippen molar-refractivity contribution in [3.05, 3.63) is 48.0 Å². The van der Waals surface area contributed by atoms with Crippen LogP contribution >= 0.6 is 11.8 Å². The summed E-state index contributed by atoms with van der Waals surface area (Å²) >= 11 is 1.81. The molecule has 1 aliphatic rings. The molecule has 0 saturated carbocycles. The highest BCUT2D eigenvalue weighted by molar-refractivity contribution is 7.99. The van der Waals surface area contributed by atoms with Crippen LogP contribution in [0.5, 0.6) is 5.75 Å². The molecule has 0 saturated heterocycles. The van der Waals surface area contributed by atoms with Crippen LogP contribution in [0.3, 0.4) is 0 Å². The van der Waals surface area contributed by atoms with Gasteiger partial charge in [0.2, 0.25) is 11.6 Å². The Bertz CT molecular complexity index is 638. The molecule has 0 aromatic heterocycles. The zero-order chi connectivity index (χ0) is 13.2. The molecule has 0 atom stereocenters. The lowest BCUT2D eigenvalue weighted by molar-refractivity contribution is -0.488. The Hall–Kier alpha value is -1.81. The smallest absolute Gasteiger partial charge is 0.232 e. The van der Waals surface area contributed by atoms with Crippen LogP contribution in [-0.2, 0) is 0 Å². The maximum atomic E-state index is 5.31. The lowest BCUT2D eigenvalue weighted by Gasteiger charge is -2.13. The Labute approximate surface area is 116 Å². The Kier molecular flexibility index (Phi) is 3.25. The Morgan fingerprint density at radius 3 is 2.74 bits per heavy atom. The van der Waals surface area contributed by atoms with Crippen LogP contribution in [0.25, 0.3) is 0 Å². The van der Waals surface area contributed by atoms with E-state index in [2.05, 4.69) is 25.1 Å². The lowest BCUT2D eigenvalue weighted by atomic mass is 10.2. The zero-order valence-corrected chi connectivity index (χ0v) is 11.8. The Morgan fingerprint density at radius 1 is 1.21 bits per heavy atom. The maximum absolute atomic E-state index is 5.31. The van der Waals surface area contributed by atoms with E-state index >= 15 is 0 Å². The van der Waals surface area contributed by atoms with E-state index in [1.54, 1.807) is 7.11 Å². The van der Waals surface area contributed by atoms with Crippen LogP contribution in [0.1, 0.15) is 5.56 Å². The number of hydrogen-bond donors (Lipinski definition) is 0. The first-order chi connectivity index (χ1) is 9.28. The molecule has 0 N–H and O–H groups in total. The first-order valence-corrected chi connectivity index (χ1v) is 7.12. The molecule has 3 nitrogen and oxygen atoms in total. The second-order valence-corrected chi connectivity index (χ2v) is 5.36. The van der Waals surface area contributed by atoms with Gasteiger partial charge in [-0.3, -0.25) is 0 Å². The number of benzene rings is 2. The van der Waals surface area contributed by atoms with E-state index in [1.807, 2.05) is 40.7 Å². The first-order valence-electron chi connectivity index (χ1n) is 6.13. The summed E-state index contributed by atoms with van der Waals surface area (Å²) in [6.45, 7) is 2.10. The minimum absolute atomic E-state index is 0.837. The molecule has 0 unspecified atom stereocenters. The number of rotatable bonds is 2. The van der Waals surface area contributed by atoms with Gasteiger partial charge in [0.1, 0.15) is 11.4 Å². The summed E-state index contributed by atoms with van der Waals surface area (Å²) in [5.41, 5.74) is 3.31. The summed E-state index contributed by atoms with van der Waals surface area (Å²) < 4.78 is 7.33. The zero-order valence-electron chi connectivity index (χ0n) is 11.0. The summed E-state index contributed by atoms with van der Waals surface area (Å²) in [5.74, 6) is 1.69. The Morgan fingerprint density at radius 2 is 2.00 bits per heavy atom. The van der Waals surface area contributed by atoms with E-state index in [-0.39, 0.29) is 0 Å². The van der Waals surface area contributed by atoms with Crippen LogP contribution in [0, 0.1) is 6.92 Å². The summed E-state index contributed by atoms with van der Waals surface area (Å²) in [5, 5.41) is 4.72. The van der Waals surface area contributed by atoms with Gasteiger partial charge in [0.25, 0.3) is 0 Å². The lowest BCUT2D eigenvalue weighted by Crippen LogP contribution is -2.06. The molecule has 0 fully saturated rings. The monoisotopic (exact) mass is 271 g/mol. The third-order valence-electron chi connectivity index (χ3n) is 3.08. The fourth-order valence-electron chi connectivity index (χ4n) is 2.12. The SMILES string of the molecule is COc1cc(C)c2c(c1)N=[N+](c1ccccc1)CS2. The van der Waals surface area contributed by atoms with Crippen molar-refractivity contribution in [2.24, 2.45) is 5.11 Å². The number of para-hydroxylation sites is 1. The van der Waals surface area contributed by atoms with Crippen LogP contribution < -0.4 is 4.74 Å². The van der Waals surface area contributed by atoms with Crippen molar-refractivity contribution >= 4 is 23.1 Å². The van der Waals surface area contributed by atoms with Gasteiger partial charge in [0.15, 0.2) is 0 Å². The van der Waals surface area contributed by atoms with Gasteiger partial charge in [-0.25, -0.2) is 0 Å². The number of methoxy groups -OCH3 is 1. The highest BCUT2D eigenvalue weighted by atomic mass is 32.2. The van der Waals surface area contributed by atoms with Gasteiger partial charge in [0.05, 0.1) is 7.11 Å². The van der Waals surface area contributed by atoms with E-state index < -0.39 is 0 Å². The van der Waals surface area contributed by atoms with Crippen LogP contribution in [-0.4, -0.2) is 17.7 Å². The quantitative estimate of drug-likeness (QED) is 0.751. The molecule has 2 aromatic rings. The topological polar surface area (TPSA) is 24.6 Å². The molecule has 0 spiro atoms.